The van der Waals surface area contributed by atoms with Crippen molar-refractivity contribution in [2.24, 2.45) is 5.73 Å². The van der Waals surface area contributed by atoms with E-state index in [0.29, 0.717) is 11.8 Å². The molecule has 1 aromatic carbocycles. The smallest absolute Gasteiger partial charge is 0.260 e. The number of aryl methyl sites for hydroxylation is 1. The summed E-state index contributed by atoms with van der Waals surface area (Å²) in [6.45, 7) is 2.63. The van der Waals surface area contributed by atoms with Crippen molar-refractivity contribution in [2.75, 3.05) is 0 Å². The summed E-state index contributed by atoms with van der Waals surface area (Å²) in [5.41, 5.74) is 7.91. The number of oxazole rings is 1. The first-order valence-electron chi connectivity index (χ1n) is 4.66. The van der Waals surface area contributed by atoms with Gasteiger partial charge in [-0.3, -0.25) is 0 Å². The van der Waals surface area contributed by atoms with Crippen LogP contribution in [-0.4, -0.2) is 4.98 Å². The molecule has 0 radical (unpaired) electrons. The first-order chi connectivity index (χ1) is 7.29. The second-order valence-corrected chi connectivity index (χ2v) is 4.20. The van der Waals surface area contributed by atoms with Crippen LogP contribution in [0.5, 0.6) is 0 Å². The zero-order chi connectivity index (χ0) is 10.7. The molecule has 0 saturated carbocycles. The Balaban J connectivity index is 2.22. The van der Waals surface area contributed by atoms with Crippen LogP contribution in [0, 0.1) is 6.92 Å². The van der Waals surface area contributed by atoms with Crippen LogP contribution in [0.4, 0.5) is 0 Å². The lowest BCUT2D eigenvalue weighted by molar-refractivity contribution is 0.454. The average Bonchev–Trinajstić information content (AvgIpc) is 2.74. The predicted molar refractivity (Wildman–Crippen MR) is 59.7 cm³/mol. The van der Waals surface area contributed by atoms with Gasteiger partial charge in [-0.1, -0.05) is 12.1 Å². The van der Waals surface area contributed by atoms with Crippen molar-refractivity contribution in [3.63, 3.8) is 0 Å². The molecule has 0 aliphatic heterocycles. The normalized spacial score (nSPS) is 10.5. The Hall–Kier alpha value is -1.26. The van der Waals surface area contributed by atoms with Crippen LogP contribution >= 0.6 is 11.8 Å². The summed E-state index contributed by atoms with van der Waals surface area (Å²) in [7, 11) is 0. The number of rotatable bonds is 3. The quantitative estimate of drug-likeness (QED) is 0.863. The van der Waals surface area contributed by atoms with Gasteiger partial charge in [0.1, 0.15) is 6.26 Å². The van der Waals surface area contributed by atoms with Crippen LogP contribution in [0.1, 0.15) is 11.1 Å². The van der Waals surface area contributed by atoms with Gasteiger partial charge in [-0.05, 0) is 35.9 Å². The number of nitrogens with two attached hydrogens (primary N) is 1. The average molecular weight is 220 g/mol. The molecule has 0 atom stereocenters. The van der Waals surface area contributed by atoms with Crippen LogP contribution in [0.15, 0.2) is 45.2 Å². The highest BCUT2D eigenvalue weighted by Gasteiger charge is 2.04. The Labute approximate surface area is 92.7 Å². The maximum Gasteiger partial charge on any atom is 0.260 e. The highest BCUT2D eigenvalue weighted by atomic mass is 32.2. The van der Waals surface area contributed by atoms with E-state index in [2.05, 4.69) is 18.0 Å². The third-order valence-corrected chi connectivity index (χ3v) is 3.14. The standard InChI is InChI=1S/C11H12N2OS/c1-8-6-9(7-12)2-3-10(8)15-11-13-4-5-14-11/h2-6H,7,12H2,1H3. The molecule has 1 heterocycles. The van der Waals surface area contributed by atoms with Gasteiger partial charge in [0.2, 0.25) is 0 Å². The van der Waals surface area contributed by atoms with Gasteiger partial charge in [-0.15, -0.1) is 0 Å². The van der Waals surface area contributed by atoms with E-state index in [1.165, 1.54) is 17.3 Å². The summed E-state index contributed by atoms with van der Waals surface area (Å²) in [4.78, 5) is 5.21. The van der Waals surface area contributed by atoms with E-state index in [9.17, 15) is 0 Å². The lowest BCUT2D eigenvalue weighted by atomic mass is 10.1. The number of hydrogen-bond donors (Lipinski definition) is 1. The summed E-state index contributed by atoms with van der Waals surface area (Å²) in [6.07, 6.45) is 3.22. The summed E-state index contributed by atoms with van der Waals surface area (Å²) in [5.74, 6) is 0. The molecule has 15 heavy (non-hydrogen) atoms. The lowest BCUT2D eigenvalue weighted by Crippen LogP contribution is -1.96. The fraction of sp³-hybridized carbons (Fsp3) is 0.182. The van der Waals surface area contributed by atoms with Crippen molar-refractivity contribution in [3.05, 3.63) is 41.8 Å². The molecule has 2 rings (SSSR count). The Bertz CT molecular complexity index is 440. The maximum atomic E-state index is 5.57. The van der Waals surface area contributed by atoms with Gasteiger partial charge >= 0.3 is 0 Å². The minimum atomic E-state index is 0.574. The summed E-state index contributed by atoms with van der Waals surface area (Å²) in [5, 5.41) is 0.665. The molecular weight excluding hydrogens is 208 g/mol. The number of benzene rings is 1. The zero-order valence-corrected chi connectivity index (χ0v) is 9.25. The molecule has 0 aliphatic rings. The van der Waals surface area contributed by atoms with Crippen LogP contribution in [0.25, 0.3) is 0 Å². The molecule has 78 valence electrons. The number of nitrogens with zero attached hydrogens (tertiary/aromatic N) is 1. The molecular formula is C11H12N2OS. The van der Waals surface area contributed by atoms with Crippen LogP contribution in [-0.2, 0) is 6.54 Å². The van der Waals surface area contributed by atoms with Gasteiger partial charge in [0.25, 0.3) is 5.22 Å². The predicted octanol–water partition coefficient (Wildman–Crippen LogP) is 2.59. The van der Waals surface area contributed by atoms with Crippen LogP contribution in [0.2, 0.25) is 0 Å². The van der Waals surface area contributed by atoms with E-state index >= 15 is 0 Å². The van der Waals surface area contributed by atoms with Crippen molar-refractivity contribution in [1.29, 1.82) is 0 Å². The van der Waals surface area contributed by atoms with E-state index in [4.69, 9.17) is 10.2 Å². The van der Waals surface area contributed by atoms with Gasteiger partial charge in [-0.25, -0.2) is 4.98 Å². The first-order valence-corrected chi connectivity index (χ1v) is 5.48. The molecule has 0 fully saturated rings. The third kappa shape index (κ3) is 2.40. The SMILES string of the molecule is Cc1cc(CN)ccc1Sc1ncco1. The molecule has 2 N–H and O–H groups in total. The van der Waals surface area contributed by atoms with E-state index in [1.54, 1.807) is 12.5 Å². The Morgan fingerprint density at radius 3 is 2.93 bits per heavy atom. The summed E-state index contributed by atoms with van der Waals surface area (Å²) in [6, 6.07) is 6.16. The lowest BCUT2D eigenvalue weighted by Gasteiger charge is -2.04. The van der Waals surface area contributed by atoms with E-state index in [0.717, 1.165) is 10.5 Å². The molecule has 0 aliphatic carbocycles. The Morgan fingerprint density at radius 1 is 1.47 bits per heavy atom. The fourth-order valence-corrected chi connectivity index (χ4v) is 2.07. The highest BCUT2D eigenvalue weighted by molar-refractivity contribution is 7.99. The monoisotopic (exact) mass is 220 g/mol. The van der Waals surface area contributed by atoms with Crippen molar-refractivity contribution in [3.8, 4) is 0 Å². The second kappa shape index (κ2) is 4.51. The van der Waals surface area contributed by atoms with Gasteiger partial charge in [0.05, 0.1) is 6.20 Å². The highest BCUT2D eigenvalue weighted by Crippen LogP contribution is 2.29. The molecule has 0 amide bonds. The molecule has 2 aromatic rings. The minimum Gasteiger partial charge on any atom is -0.440 e. The largest absolute Gasteiger partial charge is 0.440 e. The topological polar surface area (TPSA) is 52.0 Å². The van der Waals surface area contributed by atoms with Crippen molar-refractivity contribution in [2.45, 2.75) is 23.6 Å². The first kappa shape index (κ1) is 10.3. The van der Waals surface area contributed by atoms with Crippen LogP contribution < -0.4 is 5.73 Å². The summed E-state index contributed by atoms with van der Waals surface area (Å²) >= 11 is 1.52. The second-order valence-electron chi connectivity index (χ2n) is 3.20. The Morgan fingerprint density at radius 2 is 2.33 bits per heavy atom. The minimum absolute atomic E-state index is 0.574. The molecule has 0 saturated heterocycles. The molecule has 4 heteroatoms. The zero-order valence-electron chi connectivity index (χ0n) is 8.43. The van der Waals surface area contributed by atoms with Gasteiger partial charge < -0.3 is 10.2 Å². The molecule has 0 unspecified atom stereocenters. The van der Waals surface area contributed by atoms with E-state index < -0.39 is 0 Å². The molecule has 3 nitrogen and oxygen atoms in total. The van der Waals surface area contributed by atoms with Crippen molar-refractivity contribution < 1.29 is 4.42 Å². The van der Waals surface area contributed by atoms with Crippen LogP contribution in [0.3, 0.4) is 0 Å². The summed E-state index contributed by atoms with van der Waals surface area (Å²) < 4.78 is 5.18. The van der Waals surface area contributed by atoms with Crippen molar-refractivity contribution >= 4 is 11.8 Å². The molecule has 1 aromatic heterocycles. The van der Waals surface area contributed by atoms with Gasteiger partial charge in [0.15, 0.2) is 0 Å². The molecule has 0 bridgehead atoms. The fourth-order valence-electron chi connectivity index (χ4n) is 1.31. The Kier molecular flexibility index (Phi) is 3.08. The van der Waals surface area contributed by atoms with E-state index in [-0.39, 0.29) is 0 Å². The number of hydrogen-bond acceptors (Lipinski definition) is 4. The van der Waals surface area contributed by atoms with Gasteiger partial charge in [-0.2, -0.15) is 0 Å². The van der Waals surface area contributed by atoms with Crippen molar-refractivity contribution in [1.82, 2.24) is 4.98 Å². The van der Waals surface area contributed by atoms with Gasteiger partial charge in [0, 0.05) is 11.4 Å². The third-order valence-electron chi connectivity index (χ3n) is 2.08. The van der Waals surface area contributed by atoms with E-state index in [1.807, 2.05) is 12.1 Å². The number of aromatic nitrogens is 1. The molecule has 0 spiro atoms. The maximum absolute atomic E-state index is 5.57.